The Bertz CT molecular complexity index is 2180. The first-order valence-corrected chi connectivity index (χ1v) is 16.3. The van der Waals surface area contributed by atoms with Gasteiger partial charge < -0.3 is 10.0 Å². The molecule has 0 spiro atoms. The lowest BCUT2D eigenvalue weighted by atomic mass is 9.73. The van der Waals surface area contributed by atoms with Crippen LogP contribution in [0.5, 0.6) is 0 Å². The first-order valence-electron chi connectivity index (χ1n) is 15.5. The number of hydrogen-bond donors (Lipinski definition) is 1. The lowest BCUT2D eigenvalue weighted by Crippen LogP contribution is -2.23. The van der Waals surface area contributed by atoms with Crippen LogP contribution in [0.2, 0.25) is 0 Å². The highest BCUT2D eigenvalue weighted by atomic mass is 32.1. The molecule has 0 aliphatic heterocycles. The fourth-order valence-corrected chi connectivity index (χ4v) is 7.93. The molecule has 1 aliphatic carbocycles. The average Bonchev–Trinajstić information content (AvgIpc) is 3.68. The van der Waals surface area contributed by atoms with Crippen molar-refractivity contribution in [2.45, 2.75) is 32.1 Å². The van der Waals surface area contributed by atoms with E-state index in [1.54, 1.807) is 0 Å². The van der Waals surface area contributed by atoms with Crippen LogP contribution in [0.4, 0.5) is 17.1 Å². The summed E-state index contributed by atoms with van der Waals surface area (Å²) < 4.78 is 0. The third-order valence-corrected chi connectivity index (χ3v) is 10.4. The highest BCUT2D eigenvalue weighted by Gasteiger charge is 2.41. The van der Waals surface area contributed by atoms with Crippen LogP contribution < -0.4 is 4.90 Å². The standard InChI is InChI=1S/C41H32N2O2S/c1-4-41(5-2)36-24-29(39-22-19-33(46-39)26-38(42-3)40(44)45)16-20-34(36)35-21-18-32(25-37(35)41)43(30-13-7-6-8-14-30)31-17-15-27-11-9-10-12-28(27)23-31/h6-26H,4-5H2,1-2H3,(H,44,45)/b38-26-. The summed E-state index contributed by atoms with van der Waals surface area (Å²) in [7, 11) is 0. The van der Waals surface area contributed by atoms with Gasteiger partial charge in [0.05, 0.1) is 6.57 Å². The molecule has 7 rings (SSSR count). The Kier molecular flexibility index (Phi) is 7.52. The molecule has 1 aliphatic rings. The highest BCUT2D eigenvalue weighted by molar-refractivity contribution is 7.16. The summed E-state index contributed by atoms with van der Waals surface area (Å²) in [4.78, 5) is 18.7. The van der Waals surface area contributed by atoms with Crippen LogP contribution in [0.1, 0.15) is 42.7 Å². The Balaban J connectivity index is 1.33. The fraction of sp³-hybridized carbons (Fsp3) is 0.122. The molecule has 46 heavy (non-hydrogen) atoms. The molecule has 0 atom stereocenters. The predicted octanol–water partition coefficient (Wildman–Crippen LogP) is 11.5. The van der Waals surface area contributed by atoms with Crippen molar-refractivity contribution in [3.63, 3.8) is 0 Å². The van der Waals surface area contributed by atoms with Gasteiger partial charge in [-0.25, -0.2) is 4.85 Å². The van der Waals surface area contributed by atoms with Gasteiger partial charge in [-0.05, 0) is 112 Å². The van der Waals surface area contributed by atoms with E-state index in [-0.39, 0.29) is 11.1 Å². The van der Waals surface area contributed by atoms with Gasteiger partial charge in [-0.2, -0.15) is 0 Å². The molecule has 0 fully saturated rings. The van der Waals surface area contributed by atoms with Crippen molar-refractivity contribution in [1.82, 2.24) is 0 Å². The van der Waals surface area contributed by atoms with E-state index < -0.39 is 5.97 Å². The zero-order chi connectivity index (χ0) is 31.8. The molecule has 0 radical (unpaired) electrons. The molecule has 1 aromatic heterocycles. The summed E-state index contributed by atoms with van der Waals surface area (Å²) in [5, 5.41) is 11.7. The number of aliphatic carboxylic acids is 1. The monoisotopic (exact) mass is 616 g/mol. The summed E-state index contributed by atoms with van der Waals surface area (Å²) in [5.74, 6) is -1.21. The van der Waals surface area contributed by atoms with E-state index in [2.05, 4.69) is 133 Å². The number of hydrogen-bond acceptors (Lipinski definition) is 3. The number of carbonyl (C=O) groups is 1. The molecule has 0 unspecified atom stereocenters. The maximum Gasteiger partial charge on any atom is 0.333 e. The number of benzene rings is 5. The molecule has 224 valence electrons. The topological polar surface area (TPSA) is 44.9 Å². The van der Waals surface area contributed by atoms with Gasteiger partial charge in [-0.15, -0.1) is 11.3 Å². The number of carboxylic acids is 1. The van der Waals surface area contributed by atoms with Crippen LogP contribution in [-0.4, -0.2) is 11.1 Å². The molecule has 4 nitrogen and oxygen atoms in total. The number of para-hydroxylation sites is 1. The van der Waals surface area contributed by atoms with Gasteiger partial charge in [0.2, 0.25) is 0 Å². The van der Waals surface area contributed by atoms with Crippen molar-refractivity contribution in [1.29, 1.82) is 0 Å². The predicted molar refractivity (Wildman–Crippen MR) is 191 cm³/mol. The van der Waals surface area contributed by atoms with E-state index in [1.165, 1.54) is 50.4 Å². The lowest BCUT2D eigenvalue weighted by Gasteiger charge is -2.32. The van der Waals surface area contributed by atoms with E-state index in [1.807, 2.05) is 12.1 Å². The third-order valence-electron chi connectivity index (χ3n) is 9.34. The van der Waals surface area contributed by atoms with Crippen molar-refractivity contribution >= 4 is 51.2 Å². The fourth-order valence-electron chi connectivity index (χ4n) is 6.99. The van der Waals surface area contributed by atoms with Crippen LogP contribution in [0.3, 0.4) is 0 Å². The summed E-state index contributed by atoms with van der Waals surface area (Å²) in [6.45, 7) is 11.8. The number of rotatable bonds is 8. The number of anilines is 3. The maximum absolute atomic E-state index is 11.4. The van der Waals surface area contributed by atoms with Gasteiger partial charge >= 0.3 is 5.97 Å². The normalized spacial score (nSPS) is 13.2. The van der Waals surface area contributed by atoms with Gasteiger partial charge in [0.25, 0.3) is 5.70 Å². The highest BCUT2D eigenvalue weighted by Crippen LogP contribution is 2.55. The molecule has 0 amide bonds. The first kappa shape index (κ1) is 29.3. The summed E-state index contributed by atoms with van der Waals surface area (Å²) in [6.07, 6.45) is 3.37. The Morgan fingerprint density at radius 3 is 2.13 bits per heavy atom. The van der Waals surface area contributed by atoms with Crippen molar-refractivity contribution in [3.05, 3.63) is 154 Å². The van der Waals surface area contributed by atoms with Crippen molar-refractivity contribution in [2.24, 2.45) is 0 Å². The van der Waals surface area contributed by atoms with Gasteiger partial charge in [-0.3, -0.25) is 4.79 Å². The van der Waals surface area contributed by atoms with E-state index in [0.29, 0.717) is 0 Å². The molecular weight excluding hydrogens is 585 g/mol. The number of fused-ring (bicyclic) bond motifs is 4. The largest absolute Gasteiger partial charge is 0.486 e. The minimum atomic E-state index is -1.21. The van der Waals surface area contributed by atoms with Crippen molar-refractivity contribution in [3.8, 4) is 21.6 Å². The third kappa shape index (κ3) is 4.88. The van der Waals surface area contributed by atoms with Gasteiger partial charge in [0, 0.05) is 32.2 Å². The van der Waals surface area contributed by atoms with E-state index >= 15 is 0 Å². The minimum Gasteiger partial charge on any atom is -0.486 e. The zero-order valence-electron chi connectivity index (χ0n) is 25.7. The molecule has 0 bridgehead atoms. The SMILES string of the molecule is [C-]#[N+]/C(=C\c1ccc(-c2ccc3c(c2)C(CC)(CC)c2cc(N(c4ccccc4)c4ccc5ccccc5c4)ccc2-3)s1)C(=O)O. The molecule has 5 aromatic carbocycles. The van der Waals surface area contributed by atoms with Gasteiger partial charge in [0.1, 0.15) is 0 Å². The molecule has 1 heterocycles. The van der Waals surface area contributed by atoms with Crippen LogP contribution >= 0.6 is 11.3 Å². The summed E-state index contributed by atoms with van der Waals surface area (Å²) in [5.41, 5.74) is 9.25. The van der Waals surface area contributed by atoms with Crippen LogP contribution in [0, 0.1) is 6.57 Å². The quantitative estimate of drug-likeness (QED) is 0.137. The molecule has 0 saturated carbocycles. The average molecular weight is 617 g/mol. The second-order valence-electron chi connectivity index (χ2n) is 11.6. The van der Waals surface area contributed by atoms with Crippen molar-refractivity contribution < 1.29 is 9.90 Å². The van der Waals surface area contributed by atoms with E-state index in [9.17, 15) is 9.90 Å². The minimum absolute atomic E-state index is 0.150. The second-order valence-corrected chi connectivity index (χ2v) is 12.7. The molecule has 0 saturated heterocycles. The van der Waals surface area contributed by atoms with E-state index in [4.69, 9.17) is 6.57 Å². The second kappa shape index (κ2) is 11.8. The van der Waals surface area contributed by atoms with Crippen LogP contribution in [0.15, 0.2) is 127 Å². The Labute approximate surface area is 273 Å². The number of thiophene rings is 1. The van der Waals surface area contributed by atoms with Gasteiger partial charge in [0.15, 0.2) is 0 Å². The Morgan fingerprint density at radius 1 is 0.761 bits per heavy atom. The van der Waals surface area contributed by atoms with Gasteiger partial charge in [-0.1, -0.05) is 80.6 Å². The maximum atomic E-state index is 11.4. The molecule has 5 heteroatoms. The first-order chi connectivity index (χ1) is 22.5. The van der Waals surface area contributed by atoms with E-state index in [0.717, 1.165) is 45.2 Å². The lowest BCUT2D eigenvalue weighted by molar-refractivity contribution is -0.132. The molecular formula is C41H32N2O2S. The Hall–Kier alpha value is -5.44. The van der Waals surface area contributed by atoms with Crippen LogP contribution in [0.25, 0.3) is 43.3 Å². The zero-order valence-corrected chi connectivity index (χ0v) is 26.5. The molecule has 6 aromatic rings. The summed E-state index contributed by atoms with van der Waals surface area (Å²) >= 11 is 1.50. The Morgan fingerprint density at radius 2 is 1.41 bits per heavy atom. The van der Waals surface area contributed by atoms with Crippen LogP contribution in [-0.2, 0) is 10.2 Å². The number of nitrogens with zero attached hydrogens (tertiary/aromatic N) is 2. The number of carboxylic acid groups (broad SMARTS) is 1. The van der Waals surface area contributed by atoms with Crippen molar-refractivity contribution in [2.75, 3.05) is 4.90 Å². The molecule has 1 N–H and O–H groups in total. The summed E-state index contributed by atoms with van der Waals surface area (Å²) in [6, 6.07) is 43.3. The smallest absolute Gasteiger partial charge is 0.333 e.